The number of benzene rings is 1. The standard InChI is InChI=1S/C20H26ClN3O/c1-4-24-15(3)19(14(2)22-24)13-23-10-6-8-17(12-23)20(25)16-7-5-9-18(21)11-16/h5,7,9,11,17H,4,6,8,10,12-13H2,1-3H3/t17-/m0/s1. The van der Waals surface area contributed by atoms with Gasteiger partial charge in [-0.3, -0.25) is 14.4 Å². The van der Waals surface area contributed by atoms with E-state index in [-0.39, 0.29) is 11.7 Å². The number of piperidine rings is 1. The number of carbonyl (C=O) groups is 1. The van der Waals surface area contributed by atoms with E-state index in [1.807, 2.05) is 18.2 Å². The number of aromatic nitrogens is 2. The minimum Gasteiger partial charge on any atom is -0.298 e. The fourth-order valence-corrected chi connectivity index (χ4v) is 3.98. The minimum atomic E-state index is 0.0500. The molecule has 2 heterocycles. The first kappa shape index (κ1) is 18.2. The van der Waals surface area contributed by atoms with Crippen molar-refractivity contribution in [3.05, 3.63) is 51.8 Å². The van der Waals surface area contributed by atoms with Gasteiger partial charge in [-0.25, -0.2) is 0 Å². The molecule has 25 heavy (non-hydrogen) atoms. The van der Waals surface area contributed by atoms with Crippen molar-refractivity contribution in [2.45, 2.75) is 46.7 Å². The quantitative estimate of drug-likeness (QED) is 0.748. The molecular formula is C20H26ClN3O. The van der Waals surface area contributed by atoms with Gasteiger partial charge in [0, 0.05) is 47.4 Å². The topological polar surface area (TPSA) is 38.1 Å². The maximum absolute atomic E-state index is 12.8. The minimum absolute atomic E-state index is 0.0500. The molecule has 1 aromatic carbocycles. The molecule has 0 bridgehead atoms. The Balaban J connectivity index is 1.71. The van der Waals surface area contributed by atoms with Crippen LogP contribution >= 0.6 is 11.6 Å². The molecule has 5 heteroatoms. The molecule has 0 saturated carbocycles. The SMILES string of the molecule is CCn1nc(C)c(CN2CCC[C@H](C(=O)c3cccc(Cl)c3)C2)c1C. The van der Waals surface area contributed by atoms with E-state index < -0.39 is 0 Å². The number of halogens is 1. The summed E-state index contributed by atoms with van der Waals surface area (Å²) in [5.41, 5.74) is 4.37. The summed E-state index contributed by atoms with van der Waals surface area (Å²) in [6.07, 6.45) is 2.00. The molecule has 0 aliphatic carbocycles. The lowest BCUT2D eigenvalue weighted by atomic mass is 9.89. The first-order chi connectivity index (χ1) is 12.0. The molecule has 2 aromatic rings. The molecule has 0 spiro atoms. The van der Waals surface area contributed by atoms with Crippen LogP contribution in [0.5, 0.6) is 0 Å². The van der Waals surface area contributed by atoms with E-state index in [4.69, 9.17) is 11.6 Å². The Bertz CT molecular complexity index is 768. The molecule has 0 unspecified atom stereocenters. The van der Waals surface area contributed by atoms with Crippen molar-refractivity contribution in [3.8, 4) is 0 Å². The maximum atomic E-state index is 12.8. The van der Waals surface area contributed by atoms with Gasteiger partial charge in [0.1, 0.15) is 0 Å². The number of hydrogen-bond acceptors (Lipinski definition) is 3. The summed E-state index contributed by atoms with van der Waals surface area (Å²) in [5.74, 6) is 0.263. The lowest BCUT2D eigenvalue weighted by Crippen LogP contribution is -2.38. The first-order valence-electron chi connectivity index (χ1n) is 9.04. The van der Waals surface area contributed by atoms with Crippen LogP contribution in [0.4, 0.5) is 0 Å². The predicted octanol–water partition coefficient (Wildman–Crippen LogP) is 4.27. The van der Waals surface area contributed by atoms with Crippen LogP contribution in [0.25, 0.3) is 0 Å². The summed E-state index contributed by atoms with van der Waals surface area (Å²) >= 11 is 6.04. The average molecular weight is 360 g/mol. The van der Waals surface area contributed by atoms with Crippen molar-refractivity contribution >= 4 is 17.4 Å². The van der Waals surface area contributed by atoms with Gasteiger partial charge in [-0.05, 0) is 52.3 Å². The molecule has 0 radical (unpaired) electrons. The van der Waals surface area contributed by atoms with Gasteiger partial charge in [0.05, 0.1) is 5.69 Å². The zero-order valence-corrected chi connectivity index (χ0v) is 16.0. The molecule has 4 nitrogen and oxygen atoms in total. The lowest BCUT2D eigenvalue weighted by molar-refractivity contribution is 0.0811. The second-order valence-corrected chi connectivity index (χ2v) is 7.35. The number of likely N-dealkylation sites (tertiary alicyclic amines) is 1. The lowest BCUT2D eigenvalue weighted by Gasteiger charge is -2.32. The summed E-state index contributed by atoms with van der Waals surface area (Å²) in [4.78, 5) is 15.2. The highest BCUT2D eigenvalue weighted by Gasteiger charge is 2.27. The Morgan fingerprint density at radius 3 is 2.84 bits per heavy atom. The zero-order valence-electron chi connectivity index (χ0n) is 15.3. The van der Waals surface area contributed by atoms with Gasteiger partial charge in [0.15, 0.2) is 5.78 Å². The summed E-state index contributed by atoms with van der Waals surface area (Å²) < 4.78 is 2.06. The maximum Gasteiger partial charge on any atom is 0.167 e. The highest BCUT2D eigenvalue weighted by atomic mass is 35.5. The molecule has 0 N–H and O–H groups in total. The van der Waals surface area contributed by atoms with Crippen molar-refractivity contribution in [1.82, 2.24) is 14.7 Å². The van der Waals surface area contributed by atoms with Crippen molar-refractivity contribution in [2.24, 2.45) is 5.92 Å². The van der Waals surface area contributed by atoms with Crippen molar-refractivity contribution in [3.63, 3.8) is 0 Å². The zero-order chi connectivity index (χ0) is 18.0. The van der Waals surface area contributed by atoms with Crippen molar-refractivity contribution in [2.75, 3.05) is 13.1 Å². The Labute approximate surface area is 154 Å². The molecule has 3 rings (SSSR count). The molecule has 1 saturated heterocycles. The smallest absolute Gasteiger partial charge is 0.167 e. The van der Waals surface area contributed by atoms with Crippen molar-refractivity contribution < 1.29 is 4.79 Å². The van der Waals surface area contributed by atoms with Gasteiger partial charge in [0.25, 0.3) is 0 Å². The summed E-state index contributed by atoms with van der Waals surface area (Å²) in [5, 5.41) is 5.24. The van der Waals surface area contributed by atoms with Crippen LogP contribution in [0.15, 0.2) is 24.3 Å². The van der Waals surface area contributed by atoms with Gasteiger partial charge in [-0.2, -0.15) is 5.10 Å². The first-order valence-corrected chi connectivity index (χ1v) is 9.42. The van der Waals surface area contributed by atoms with E-state index >= 15 is 0 Å². The molecule has 1 atom stereocenters. The molecule has 1 aliphatic heterocycles. The van der Waals surface area contributed by atoms with Gasteiger partial charge in [0.2, 0.25) is 0 Å². The third-order valence-corrected chi connectivity index (χ3v) is 5.43. The highest BCUT2D eigenvalue weighted by molar-refractivity contribution is 6.31. The van der Waals surface area contributed by atoms with E-state index in [0.29, 0.717) is 5.02 Å². The number of hydrogen-bond donors (Lipinski definition) is 0. The molecule has 134 valence electrons. The normalized spacial score (nSPS) is 18.5. The van der Waals surface area contributed by atoms with E-state index in [1.165, 1.54) is 11.3 Å². The van der Waals surface area contributed by atoms with Crippen LogP contribution in [0, 0.1) is 19.8 Å². The van der Waals surface area contributed by atoms with Crippen LogP contribution in [-0.2, 0) is 13.1 Å². The van der Waals surface area contributed by atoms with Crippen LogP contribution in [0.3, 0.4) is 0 Å². The second kappa shape index (κ2) is 7.71. The number of ketones is 1. The number of rotatable bonds is 5. The van der Waals surface area contributed by atoms with Gasteiger partial charge >= 0.3 is 0 Å². The number of Topliss-reactive ketones (excluding diaryl/α,β-unsaturated/α-hetero) is 1. The molecule has 0 amide bonds. The summed E-state index contributed by atoms with van der Waals surface area (Å²) in [6.45, 7) is 9.94. The predicted molar refractivity (Wildman–Crippen MR) is 101 cm³/mol. The van der Waals surface area contributed by atoms with E-state index in [0.717, 1.165) is 50.3 Å². The molecule has 1 aliphatic rings. The van der Waals surface area contributed by atoms with Crippen molar-refractivity contribution in [1.29, 1.82) is 0 Å². The van der Waals surface area contributed by atoms with Crippen LogP contribution < -0.4 is 0 Å². The van der Waals surface area contributed by atoms with Crippen LogP contribution in [0.1, 0.15) is 47.1 Å². The largest absolute Gasteiger partial charge is 0.298 e. The molecule has 1 fully saturated rings. The second-order valence-electron chi connectivity index (χ2n) is 6.91. The fourth-order valence-electron chi connectivity index (χ4n) is 3.78. The molecular weight excluding hydrogens is 334 g/mol. The van der Waals surface area contributed by atoms with Crippen LogP contribution in [-0.4, -0.2) is 33.6 Å². The van der Waals surface area contributed by atoms with Gasteiger partial charge in [-0.1, -0.05) is 23.7 Å². The fraction of sp³-hybridized carbons (Fsp3) is 0.500. The van der Waals surface area contributed by atoms with E-state index in [2.05, 4.69) is 35.5 Å². The van der Waals surface area contributed by atoms with E-state index in [1.54, 1.807) is 6.07 Å². The van der Waals surface area contributed by atoms with Crippen LogP contribution in [0.2, 0.25) is 5.02 Å². The Morgan fingerprint density at radius 1 is 1.36 bits per heavy atom. The summed E-state index contributed by atoms with van der Waals surface area (Å²) in [7, 11) is 0. The van der Waals surface area contributed by atoms with Gasteiger partial charge < -0.3 is 0 Å². The Morgan fingerprint density at radius 2 is 2.16 bits per heavy atom. The third kappa shape index (κ3) is 3.96. The van der Waals surface area contributed by atoms with Gasteiger partial charge in [-0.15, -0.1) is 0 Å². The summed E-state index contributed by atoms with van der Waals surface area (Å²) in [6, 6.07) is 7.31. The monoisotopic (exact) mass is 359 g/mol. The van der Waals surface area contributed by atoms with E-state index in [9.17, 15) is 4.79 Å². The third-order valence-electron chi connectivity index (χ3n) is 5.20. The molecule has 1 aromatic heterocycles. The highest BCUT2D eigenvalue weighted by Crippen LogP contribution is 2.25. The number of carbonyl (C=O) groups excluding carboxylic acids is 1. The Hall–Kier alpha value is -1.65. The number of aryl methyl sites for hydroxylation is 2. The Kier molecular flexibility index (Phi) is 5.60. The average Bonchev–Trinajstić information content (AvgIpc) is 2.89. The number of nitrogens with zero attached hydrogens (tertiary/aromatic N) is 3.